The van der Waals surface area contributed by atoms with E-state index >= 15 is 0 Å². The van der Waals surface area contributed by atoms with E-state index in [0.29, 0.717) is 5.92 Å². The molecule has 0 amide bonds. The Labute approximate surface area is 116 Å². The van der Waals surface area contributed by atoms with Gasteiger partial charge in [-0.1, -0.05) is 31.0 Å². The van der Waals surface area contributed by atoms with Crippen LogP contribution >= 0.6 is 0 Å². The lowest BCUT2D eigenvalue weighted by atomic mass is 9.86. The number of aliphatic hydroxyl groups is 1. The van der Waals surface area contributed by atoms with Crippen LogP contribution in [0.5, 0.6) is 5.75 Å². The highest BCUT2D eigenvalue weighted by Crippen LogP contribution is 2.26. The van der Waals surface area contributed by atoms with E-state index in [0.717, 1.165) is 31.7 Å². The Kier molecular flexibility index (Phi) is 5.23. The average Bonchev–Trinajstić information content (AvgIpc) is 2.42. The summed E-state index contributed by atoms with van der Waals surface area (Å²) in [6, 6.07) is 8.14. The zero-order valence-electron chi connectivity index (χ0n) is 12.0. The van der Waals surface area contributed by atoms with Crippen LogP contribution in [0.4, 0.5) is 0 Å². The van der Waals surface area contributed by atoms with Crippen LogP contribution in [-0.2, 0) is 6.54 Å². The van der Waals surface area contributed by atoms with Crippen molar-refractivity contribution in [1.29, 1.82) is 0 Å². The molecule has 2 rings (SSSR count). The van der Waals surface area contributed by atoms with Crippen molar-refractivity contribution in [2.24, 2.45) is 5.92 Å². The number of hydrogen-bond donors (Lipinski definition) is 1. The molecule has 1 aliphatic carbocycles. The normalized spacial score (nSPS) is 23.6. The van der Waals surface area contributed by atoms with Crippen molar-refractivity contribution >= 4 is 0 Å². The van der Waals surface area contributed by atoms with Gasteiger partial charge in [0.25, 0.3) is 0 Å². The van der Waals surface area contributed by atoms with Gasteiger partial charge in [-0.2, -0.15) is 0 Å². The monoisotopic (exact) mass is 263 g/mol. The van der Waals surface area contributed by atoms with Gasteiger partial charge in [0.05, 0.1) is 13.2 Å². The molecule has 1 saturated carbocycles. The maximum Gasteiger partial charge on any atom is 0.123 e. The predicted octanol–water partition coefficient (Wildman–Crippen LogP) is 2.68. The maximum atomic E-state index is 10.0. The zero-order chi connectivity index (χ0) is 13.7. The first-order chi connectivity index (χ1) is 9.20. The summed E-state index contributed by atoms with van der Waals surface area (Å²) in [5, 5.41) is 10.0. The molecule has 0 bridgehead atoms. The molecule has 3 nitrogen and oxygen atoms in total. The van der Waals surface area contributed by atoms with Crippen LogP contribution in [0.2, 0.25) is 0 Å². The second-order valence-corrected chi connectivity index (χ2v) is 5.62. The van der Waals surface area contributed by atoms with Gasteiger partial charge >= 0.3 is 0 Å². The molecule has 0 heterocycles. The third kappa shape index (κ3) is 3.95. The Hall–Kier alpha value is -1.06. The molecule has 1 aromatic rings. The molecule has 0 aliphatic heterocycles. The lowest BCUT2D eigenvalue weighted by molar-refractivity contribution is 0.0500. The smallest absolute Gasteiger partial charge is 0.123 e. The molecule has 1 aromatic carbocycles. The van der Waals surface area contributed by atoms with E-state index in [1.807, 2.05) is 18.2 Å². The van der Waals surface area contributed by atoms with Crippen LogP contribution in [0.15, 0.2) is 24.3 Å². The molecule has 3 heteroatoms. The Morgan fingerprint density at radius 2 is 2.00 bits per heavy atom. The van der Waals surface area contributed by atoms with Crippen LogP contribution < -0.4 is 4.74 Å². The summed E-state index contributed by atoms with van der Waals surface area (Å²) >= 11 is 0. The van der Waals surface area contributed by atoms with Crippen molar-refractivity contribution in [3.8, 4) is 5.75 Å². The van der Waals surface area contributed by atoms with E-state index < -0.39 is 0 Å². The van der Waals surface area contributed by atoms with E-state index in [2.05, 4.69) is 18.0 Å². The molecule has 106 valence electrons. The summed E-state index contributed by atoms with van der Waals surface area (Å²) in [4.78, 5) is 2.29. The number of benzene rings is 1. The number of methoxy groups -OCH3 is 1. The van der Waals surface area contributed by atoms with Gasteiger partial charge in [0.2, 0.25) is 0 Å². The van der Waals surface area contributed by atoms with Crippen LogP contribution in [0.1, 0.15) is 31.2 Å². The van der Waals surface area contributed by atoms with Crippen LogP contribution in [0.25, 0.3) is 0 Å². The van der Waals surface area contributed by atoms with E-state index in [1.54, 1.807) is 7.11 Å². The van der Waals surface area contributed by atoms with E-state index in [4.69, 9.17) is 4.74 Å². The highest BCUT2D eigenvalue weighted by atomic mass is 16.5. The fourth-order valence-electron chi connectivity index (χ4n) is 2.99. The van der Waals surface area contributed by atoms with Gasteiger partial charge < -0.3 is 14.7 Å². The van der Waals surface area contributed by atoms with E-state index in [9.17, 15) is 5.11 Å². The first-order valence-electron chi connectivity index (χ1n) is 7.19. The predicted molar refractivity (Wildman–Crippen MR) is 77.3 cm³/mol. The summed E-state index contributed by atoms with van der Waals surface area (Å²) in [5.74, 6) is 1.37. The fraction of sp³-hybridized carbons (Fsp3) is 0.625. The molecule has 1 N–H and O–H groups in total. The quantitative estimate of drug-likeness (QED) is 0.886. The third-order valence-corrected chi connectivity index (χ3v) is 4.05. The number of ether oxygens (including phenoxy) is 1. The van der Waals surface area contributed by atoms with Gasteiger partial charge in [0.1, 0.15) is 5.75 Å². The Morgan fingerprint density at radius 1 is 1.26 bits per heavy atom. The van der Waals surface area contributed by atoms with Crippen LogP contribution in [0.3, 0.4) is 0 Å². The van der Waals surface area contributed by atoms with Crippen molar-refractivity contribution in [2.45, 2.75) is 38.3 Å². The molecule has 1 fully saturated rings. The van der Waals surface area contributed by atoms with Crippen molar-refractivity contribution in [3.05, 3.63) is 29.8 Å². The number of nitrogens with zero attached hydrogens (tertiary/aromatic N) is 1. The summed E-state index contributed by atoms with van der Waals surface area (Å²) < 4.78 is 5.38. The van der Waals surface area contributed by atoms with Gasteiger partial charge in [0.15, 0.2) is 0 Å². The highest BCUT2D eigenvalue weighted by Gasteiger charge is 2.24. The summed E-state index contributed by atoms with van der Waals surface area (Å²) in [7, 11) is 3.83. The van der Waals surface area contributed by atoms with Crippen molar-refractivity contribution in [1.82, 2.24) is 4.90 Å². The number of rotatable bonds is 5. The minimum Gasteiger partial charge on any atom is -0.496 e. The molecule has 0 saturated heterocycles. The molecule has 2 atom stereocenters. The average molecular weight is 263 g/mol. The zero-order valence-corrected chi connectivity index (χ0v) is 12.0. The van der Waals surface area contributed by atoms with E-state index in [-0.39, 0.29) is 6.10 Å². The van der Waals surface area contributed by atoms with Gasteiger partial charge in [-0.3, -0.25) is 0 Å². The first-order valence-corrected chi connectivity index (χ1v) is 7.19. The lowest BCUT2D eigenvalue weighted by Crippen LogP contribution is -2.34. The minimum absolute atomic E-state index is 0.117. The molecule has 0 aromatic heterocycles. The molecule has 19 heavy (non-hydrogen) atoms. The molecule has 0 radical (unpaired) electrons. The third-order valence-electron chi connectivity index (χ3n) is 4.05. The summed E-state index contributed by atoms with van der Waals surface area (Å²) in [6.07, 6.45) is 4.43. The Morgan fingerprint density at radius 3 is 2.74 bits per heavy atom. The van der Waals surface area contributed by atoms with Gasteiger partial charge in [-0.05, 0) is 31.9 Å². The minimum atomic E-state index is -0.117. The molecule has 1 aliphatic rings. The summed E-state index contributed by atoms with van der Waals surface area (Å²) in [5.41, 5.74) is 1.21. The Bertz CT molecular complexity index is 394. The van der Waals surface area contributed by atoms with Crippen molar-refractivity contribution < 1.29 is 9.84 Å². The van der Waals surface area contributed by atoms with Crippen LogP contribution in [0, 0.1) is 5.92 Å². The molecule has 2 unspecified atom stereocenters. The second kappa shape index (κ2) is 6.92. The van der Waals surface area contributed by atoms with Gasteiger partial charge in [-0.25, -0.2) is 0 Å². The largest absolute Gasteiger partial charge is 0.496 e. The number of aliphatic hydroxyl groups excluding tert-OH is 1. The lowest BCUT2D eigenvalue weighted by Gasteiger charge is -2.31. The van der Waals surface area contributed by atoms with Gasteiger partial charge in [0, 0.05) is 18.7 Å². The maximum absolute atomic E-state index is 10.0. The van der Waals surface area contributed by atoms with Gasteiger partial charge in [-0.15, -0.1) is 0 Å². The van der Waals surface area contributed by atoms with Crippen LogP contribution in [-0.4, -0.2) is 36.8 Å². The highest BCUT2D eigenvalue weighted by molar-refractivity contribution is 5.32. The summed E-state index contributed by atoms with van der Waals surface area (Å²) in [6.45, 7) is 1.83. The SMILES string of the molecule is COc1ccccc1CN(C)CC1CCCCC1O. The van der Waals surface area contributed by atoms with Crippen molar-refractivity contribution in [2.75, 3.05) is 20.7 Å². The topological polar surface area (TPSA) is 32.7 Å². The number of para-hydroxylation sites is 1. The second-order valence-electron chi connectivity index (χ2n) is 5.62. The number of hydrogen-bond acceptors (Lipinski definition) is 3. The molecular weight excluding hydrogens is 238 g/mol. The fourth-order valence-corrected chi connectivity index (χ4v) is 2.99. The standard InChI is InChI=1S/C16H25NO2/c1-17(11-13-7-3-5-9-15(13)18)12-14-8-4-6-10-16(14)19-2/h4,6,8,10,13,15,18H,3,5,7,9,11-12H2,1-2H3. The first kappa shape index (κ1) is 14.4. The Balaban J connectivity index is 1.91. The molecular formula is C16H25NO2. The molecule has 0 spiro atoms. The van der Waals surface area contributed by atoms with E-state index in [1.165, 1.54) is 18.4 Å². The van der Waals surface area contributed by atoms with Crippen molar-refractivity contribution in [3.63, 3.8) is 0 Å².